The number of hydrogen-bond donors (Lipinski definition) is 1. The minimum Gasteiger partial charge on any atom is -0.176 e. The number of allylic oxidation sites excluding steroid dienone is 1. The summed E-state index contributed by atoms with van der Waals surface area (Å²) < 4.78 is 0. The van der Waals surface area contributed by atoms with Crippen molar-refractivity contribution in [3.8, 4) is 0 Å². The van der Waals surface area contributed by atoms with Gasteiger partial charge in [0.05, 0.1) is 0 Å². The van der Waals surface area contributed by atoms with Gasteiger partial charge < -0.3 is 0 Å². The molecule has 0 aromatic heterocycles. The Morgan fingerprint density at radius 2 is 2.07 bits per heavy atom. The summed E-state index contributed by atoms with van der Waals surface area (Å²) >= 11 is 7.94. The van der Waals surface area contributed by atoms with Gasteiger partial charge in [0, 0.05) is 5.25 Å². The average Bonchev–Trinajstić information content (AvgIpc) is 2.27. The Morgan fingerprint density at radius 1 is 1.40 bits per heavy atom. The van der Waals surface area contributed by atoms with Crippen molar-refractivity contribution < 1.29 is 0 Å². The van der Waals surface area contributed by atoms with Crippen molar-refractivity contribution in [2.75, 3.05) is 0 Å². The van der Waals surface area contributed by atoms with Crippen LogP contribution in [0.1, 0.15) is 25.3 Å². The van der Waals surface area contributed by atoms with Gasteiger partial charge >= 0.3 is 0 Å². The minimum atomic E-state index is 0.457. The van der Waals surface area contributed by atoms with E-state index in [1.54, 1.807) is 0 Å². The summed E-state index contributed by atoms with van der Waals surface area (Å²) in [5.41, 5.74) is 2.75. The molecule has 0 saturated carbocycles. The van der Waals surface area contributed by atoms with Crippen LogP contribution in [0.3, 0.4) is 0 Å². The van der Waals surface area contributed by atoms with Crippen LogP contribution in [0.4, 0.5) is 0 Å². The summed E-state index contributed by atoms with van der Waals surface area (Å²) in [6.07, 6.45) is 3.30. The fourth-order valence-electron chi connectivity index (χ4n) is 1.50. The highest BCUT2D eigenvalue weighted by Gasteiger charge is 2.04. The topological polar surface area (TPSA) is 0 Å². The molecule has 0 aliphatic heterocycles. The third-order valence-electron chi connectivity index (χ3n) is 2.35. The van der Waals surface area contributed by atoms with E-state index < -0.39 is 0 Å². The zero-order valence-electron chi connectivity index (χ0n) is 8.99. The van der Waals surface area contributed by atoms with Crippen LogP contribution in [0.5, 0.6) is 0 Å². The van der Waals surface area contributed by atoms with Crippen LogP contribution >= 0.6 is 28.6 Å². The number of rotatable bonds is 5. The van der Waals surface area contributed by atoms with Crippen LogP contribution in [-0.4, -0.2) is 5.25 Å². The van der Waals surface area contributed by atoms with E-state index in [1.807, 2.05) is 4.99 Å². The summed E-state index contributed by atoms with van der Waals surface area (Å²) in [6, 6.07) is 10.6. The highest BCUT2D eigenvalue weighted by atomic mass is 79.9. The van der Waals surface area contributed by atoms with E-state index in [1.165, 1.54) is 11.1 Å². The molecule has 0 aliphatic carbocycles. The maximum atomic E-state index is 4.59. The third kappa shape index (κ3) is 5.43. The fraction of sp³-hybridized carbons (Fsp3) is 0.385. The molecule has 15 heavy (non-hydrogen) atoms. The lowest BCUT2D eigenvalue weighted by molar-refractivity contribution is 0.753. The predicted octanol–water partition coefficient (Wildman–Crippen LogP) is 4.61. The lowest BCUT2D eigenvalue weighted by atomic mass is 10.0. The van der Waals surface area contributed by atoms with Crippen molar-refractivity contribution in [3.05, 3.63) is 46.5 Å². The summed E-state index contributed by atoms with van der Waals surface area (Å²) in [6.45, 7) is 2.13. The van der Waals surface area contributed by atoms with E-state index in [4.69, 9.17) is 0 Å². The van der Waals surface area contributed by atoms with E-state index in [0.717, 1.165) is 19.3 Å². The van der Waals surface area contributed by atoms with E-state index in [9.17, 15) is 0 Å². The van der Waals surface area contributed by atoms with Gasteiger partial charge in [-0.1, -0.05) is 51.8 Å². The molecule has 82 valence electrons. The van der Waals surface area contributed by atoms with Crippen molar-refractivity contribution in [2.24, 2.45) is 0 Å². The zero-order valence-corrected chi connectivity index (χ0v) is 11.5. The number of hydrogen-bond acceptors (Lipinski definition) is 1. The molecule has 0 spiro atoms. The molecule has 0 saturated heterocycles. The highest BCUT2D eigenvalue weighted by Crippen LogP contribution is 2.17. The van der Waals surface area contributed by atoms with Crippen molar-refractivity contribution in [1.29, 1.82) is 0 Å². The Labute approximate surface area is 106 Å². The van der Waals surface area contributed by atoms with Gasteiger partial charge in [0.25, 0.3) is 0 Å². The molecule has 1 aromatic rings. The second kappa shape index (κ2) is 7.13. The smallest absolute Gasteiger partial charge is 0.00573 e. The highest BCUT2D eigenvalue weighted by molar-refractivity contribution is 9.11. The van der Waals surface area contributed by atoms with Gasteiger partial charge in [-0.25, -0.2) is 0 Å². The molecule has 1 unspecified atom stereocenters. The van der Waals surface area contributed by atoms with Gasteiger partial charge in [-0.05, 0) is 36.7 Å². The Morgan fingerprint density at radius 3 is 2.67 bits per heavy atom. The first-order valence-corrected chi connectivity index (χ1v) is 6.63. The summed E-state index contributed by atoms with van der Waals surface area (Å²) in [7, 11) is 0. The second-order valence-corrected chi connectivity index (χ2v) is 5.03. The standard InChI is InChI=1S/C13H17BrS/c1-11(10-14)9-13(15)8-7-12-5-3-2-4-6-12/h2-6,10,13,15H,7-9H2,1H3/b11-10-. The summed E-state index contributed by atoms with van der Waals surface area (Å²) in [5.74, 6) is 0. The normalized spacial score (nSPS) is 13.9. The number of benzene rings is 1. The van der Waals surface area contributed by atoms with Crippen LogP contribution in [0.25, 0.3) is 0 Å². The maximum absolute atomic E-state index is 4.59. The Kier molecular flexibility index (Phi) is 6.11. The van der Waals surface area contributed by atoms with Crippen LogP contribution in [-0.2, 0) is 6.42 Å². The minimum absolute atomic E-state index is 0.457. The van der Waals surface area contributed by atoms with Crippen LogP contribution < -0.4 is 0 Å². The van der Waals surface area contributed by atoms with E-state index in [-0.39, 0.29) is 0 Å². The van der Waals surface area contributed by atoms with Gasteiger partial charge in [-0.15, -0.1) is 0 Å². The lowest BCUT2D eigenvalue weighted by Crippen LogP contribution is -2.01. The summed E-state index contributed by atoms with van der Waals surface area (Å²) in [4.78, 5) is 1.98. The monoisotopic (exact) mass is 284 g/mol. The number of aryl methyl sites for hydroxylation is 1. The first kappa shape index (κ1) is 12.9. The molecule has 0 fully saturated rings. The summed E-state index contributed by atoms with van der Waals surface area (Å²) in [5, 5.41) is 0.457. The molecule has 1 aromatic carbocycles. The van der Waals surface area contributed by atoms with E-state index >= 15 is 0 Å². The van der Waals surface area contributed by atoms with Crippen molar-refractivity contribution in [3.63, 3.8) is 0 Å². The Bertz CT molecular complexity index is 306. The molecular weight excluding hydrogens is 268 g/mol. The number of thiol groups is 1. The SMILES string of the molecule is C/C(=C/Br)CC(S)CCc1ccccc1. The molecule has 1 atom stereocenters. The quantitative estimate of drug-likeness (QED) is 0.751. The molecule has 1 rings (SSSR count). The van der Waals surface area contributed by atoms with Crippen molar-refractivity contribution in [1.82, 2.24) is 0 Å². The fourth-order valence-corrected chi connectivity index (χ4v) is 2.10. The van der Waals surface area contributed by atoms with Crippen LogP contribution in [0, 0.1) is 0 Å². The molecule has 0 heterocycles. The van der Waals surface area contributed by atoms with Crippen LogP contribution in [0.15, 0.2) is 40.9 Å². The molecule has 0 N–H and O–H groups in total. The first-order valence-electron chi connectivity index (χ1n) is 5.20. The zero-order chi connectivity index (χ0) is 11.1. The number of halogens is 1. The van der Waals surface area contributed by atoms with Crippen molar-refractivity contribution in [2.45, 2.75) is 31.4 Å². The molecule has 0 aliphatic rings. The van der Waals surface area contributed by atoms with Gasteiger partial charge in [0.1, 0.15) is 0 Å². The molecule has 0 amide bonds. The molecule has 0 radical (unpaired) electrons. The van der Waals surface area contributed by atoms with Crippen LogP contribution in [0.2, 0.25) is 0 Å². The predicted molar refractivity (Wildman–Crippen MR) is 74.8 cm³/mol. The molecule has 0 nitrogen and oxygen atoms in total. The van der Waals surface area contributed by atoms with E-state index in [2.05, 4.69) is 65.8 Å². The van der Waals surface area contributed by atoms with Gasteiger partial charge in [-0.2, -0.15) is 12.6 Å². The van der Waals surface area contributed by atoms with Crippen molar-refractivity contribution >= 4 is 28.6 Å². The largest absolute Gasteiger partial charge is 0.176 e. The van der Waals surface area contributed by atoms with E-state index in [0.29, 0.717) is 5.25 Å². The lowest BCUT2D eigenvalue weighted by Gasteiger charge is -2.10. The first-order chi connectivity index (χ1) is 7.22. The molecular formula is C13H17BrS. The molecule has 2 heteroatoms. The molecule has 0 bridgehead atoms. The third-order valence-corrected chi connectivity index (χ3v) is 3.58. The van der Waals surface area contributed by atoms with Gasteiger partial charge in [-0.3, -0.25) is 0 Å². The second-order valence-electron chi connectivity index (χ2n) is 3.84. The Balaban J connectivity index is 2.31. The van der Waals surface area contributed by atoms with Gasteiger partial charge in [0.2, 0.25) is 0 Å². The maximum Gasteiger partial charge on any atom is 0.00573 e. The Hall–Kier alpha value is -0.210. The van der Waals surface area contributed by atoms with Gasteiger partial charge in [0.15, 0.2) is 0 Å². The average molecular weight is 285 g/mol.